The number of hydrogen-bond donors (Lipinski definition) is 0. The number of benzene rings is 1. The highest BCUT2D eigenvalue weighted by Crippen LogP contribution is 2.24. The van der Waals surface area contributed by atoms with Crippen LogP contribution in [0.5, 0.6) is 0 Å². The summed E-state index contributed by atoms with van der Waals surface area (Å²) in [7, 11) is 0. The Morgan fingerprint density at radius 1 is 1.18 bits per heavy atom. The molecule has 0 aliphatic heterocycles. The average molecular weight is 226 g/mol. The second-order valence-corrected chi connectivity index (χ2v) is 5.15. The van der Waals surface area contributed by atoms with Gasteiger partial charge in [0.2, 0.25) is 0 Å². The molecule has 0 heteroatoms. The van der Waals surface area contributed by atoms with Gasteiger partial charge in [0.05, 0.1) is 0 Å². The van der Waals surface area contributed by atoms with Crippen LogP contribution in [0, 0.1) is 5.92 Å². The largest absolute Gasteiger partial charge is 0.126 e. The first-order valence-corrected chi connectivity index (χ1v) is 6.81. The first-order chi connectivity index (χ1) is 8.34. The van der Waals surface area contributed by atoms with Gasteiger partial charge in [0.1, 0.15) is 0 Å². The van der Waals surface area contributed by atoms with Gasteiger partial charge in [0, 0.05) is 6.42 Å². The maximum absolute atomic E-state index is 3.49. The number of hydrogen-bond acceptors (Lipinski definition) is 0. The molecule has 2 rings (SSSR count). The van der Waals surface area contributed by atoms with Crippen LogP contribution >= 0.6 is 0 Å². The molecule has 1 aliphatic carbocycles. The first kappa shape index (κ1) is 12.2. The van der Waals surface area contributed by atoms with Crippen LogP contribution in [-0.2, 0) is 6.42 Å². The summed E-state index contributed by atoms with van der Waals surface area (Å²) in [5, 5.41) is 0. The zero-order valence-corrected chi connectivity index (χ0v) is 10.8. The van der Waals surface area contributed by atoms with Gasteiger partial charge in [-0.05, 0) is 42.9 Å². The summed E-state index contributed by atoms with van der Waals surface area (Å²) >= 11 is 0. The van der Waals surface area contributed by atoms with Crippen molar-refractivity contribution >= 4 is 0 Å². The lowest BCUT2D eigenvalue weighted by Crippen LogP contribution is -2.02. The molecule has 0 spiro atoms. The smallest absolute Gasteiger partial charge is 0.000622 e. The quantitative estimate of drug-likeness (QED) is 0.642. The molecular formula is C17H22. The molecule has 1 aromatic rings. The highest BCUT2D eigenvalue weighted by Gasteiger charge is 2.09. The van der Waals surface area contributed by atoms with E-state index in [1.54, 1.807) is 0 Å². The highest BCUT2D eigenvalue weighted by molar-refractivity contribution is 5.20. The van der Waals surface area contributed by atoms with E-state index in [1.807, 2.05) is 0 Å². The summed E-state index contributed by atoms with van der Waals surface area (Å²) < 4.78 is 0. The lowest BCUT2D eigenvalue weighted by atomic mass is 9.89. The number of allylic oxidation sites excluding steroid dienone is 1. The van der Waals surface area contributed by atoms with Gasteiger partial charge in [0.15, 0.2) is 0 Å². The summed E-state index contributed by atoms with van der Waals surface area (Å²) in [6.07, 6.45) is 10.3. The lowest BCUT2D eigenvalue weighted by molar-refractivity contribution is 0.419. The van der Waals surface area contributed by atoms with Crippen LogP contribution in [0.2, 0.25) is 0 Å². The third kappa shape index (κ3) is 4.24. The highest BCUT2D eigenvalue weighted by atomic mass is 14.1. The zero-order valence-electron chi connectivity index (χ0n) is 10.8. The van der Waals surface area contributed by atoms with Gasteiger partial charge in [0.25, 0.3) is 0 Å². The van der Waals surface area contributed by atoms with E-state index < -0.39 is 0 Å². The second-order valence-electron chi connectivity index (χ2n) is 5.15. The minimum absolute atomic E-state index is 0.787. The molecule has 1 aliphatic rings. The Kier molecular flexibility index (Phi) is 4.64. The monoisotopic (exact) mass is 226 g/mol. The van der Waals surface area contributed by atoms with Crippen LogP contribution in [0.25, 0.3) is 0 Å². The Labute approximate surface area is 105 Å². The van der Waals surface area contributed by atoms with Gasteiger partial charge in [-0.1, -0.05) is 49.6 Å². The molecule has 0 bridgehead atoms. The van der Waals surface area contributed by atoms with Crippen molar-refractivity contribution in [1.29, 1.82) is 0 Å². The molecule has 0 heterocycles. The van der Waals surface area contributed by atoms with Crippen LogP contribution in [0.4, 0.5) is 0 Å². The summed E-state index contributed by atoms with van der Waals surface area (Å²) in [5.74, 6) is 0.787. The first-order valence-electron chi connectivity index (χ1n) is 6.81. The maximum atomic E-state index is 3.49. The fraction of sp³-hybridized carbons (Fsp3) is 0.471. The van der Waals surface area contributed by atoms with Gasteiger partial charge in [-0.15, -0.1) is 5.73 Å². The normalized spacial score (nSPS) is 16.3. The standard InChI is InChI=1S/C17H22/c1-15(14-17-10-6-3-7-11-17)12-13-16-8-4-2-5-9-16/h3,6-7,10-11,13,16H,2,4-5,8-9,14H2,1H3. The van der Waals surface area contributed by atoms with Crippen molar-refractivity contribution < 1.29 is 0 Å². The van der Waals surface area contributed by atoms with E-state index in [-0.39, 0.29) is 0 Å². The SMILES string of the molecule is CC(=C=CC1CCCCC1)Cc1ccccc1. The third-order valence-corrected chi connectivity index (χ3v) is 3.53. The molecule has 0 radical (unpaired) electrons. The topological polar surface area (TPSA) is 0 Å². The molecule has 1 saturated carbocycles. The fourth-order valence-electron chi connectivity index (χ4n) is 2.51. The second kappa shape index (κ2) is 6.47. The van der Waals surface area contributed by atoms with Gasteiger partial charge < -0.3 is 0 Å². The van der Waals surface area contributed by atoms with Crippen molar-refractivity contribution in [3.8, 4) is 0 Å². The molecule has 0 unspecified atom stereocenters. The van der Waals surface area contributed by atoms with Crippen LogP contribution in [0.3, 0.4) is 0 Å². The van der Waals surface area contributed by atoms with Crippen LogP contribution < -0.4 is 0 Å². The van der Waals surface area contributed by atoms with Crippen LogP contribution in [0.1, 0.15) is 44.6 Å². The summed E-state index contributed by atoms with van der Waals surface area (Å²) in [4.78, 5) is 0. The molecule has 0 N–H and O–H groups in total. The van der Waals surface area contributed by atoms with Crippen molar-refractivity contribution in [2.75, 3.05) is 0 Å². The third-order valence-electron chi connectivity index (χ3n) is 3.53. The molecular weight excluding hydrogens is 204 g/mol. The molecule has 0 nitrogen and oxygen atoms in total. The molecule has 0 saturated heterocycles. The lowest BCUT2D eigenvalue weighted by Gasteiger charge is -2.16. The van der Waals surface area contributed by atoms with E-state index in [9.17, 15) is 0 Å². The van der Waals surface area contributed by atoms with E-state index >= 15 is 0 Å². The Balaban J connectivity index is 1.94. The van der Waals surface area contributed by atoms with Crippen molar-refractivity contribution in [2.24, 2.45) is 5.92 Å². The van der Waals surface area contributed by atoms with Crippen molar-refractivity contribution in [1.82, 2.24) is 0 Å². The van der Waals surface area contributed by atoms with Crippen molar-refractivity contribution in [3.63, 3.8) is 0 Å². The molecule has 0 atom stereocenters. The summed E-state index contributed by atoms with van der Waals surface area (Å²) in [6, 6.07) is 10.7. The van der Waals surface area contributed by atoms with E-state index in [2.05, 4.69) is 49.1 Å². The van der Waals surface area contributed by atoms with E-state index in [1.165, 1.54) is 43.2 Å². The van der Waals surface area contributed by atoms with Gasteiger partial charge >= 0.3 is 0 Å². The minimum Gasteiger partial charge on any atom is -0.126 e. The summed E-state index contributed by atoms with van der Waals surface area (Å²) in [6.45, 7) is 2.19. The number of rotatable bonds is 3. The Morgan fingerprint density at radius 2 is 1.88 bits per heavy atom. The van der Waals surface area contributed by atoms with Gasteiger partial charge in [-0.25, -0.2) is 0 Å². The molecule has 17 heavy (non-hydrogen) atoms. The Bertz CT molecular complexity index is 387. The van der Waals surface area contributed by atoms with Gasteiger partial charge in [-0.2, -0.15) is 0 Å². The van der Waals surface area contributed by atoms with Crippen molar-refractivity contribution in [2.45, 2.75) is 45.4 Å². The molecule has 1 fully saturated rings. The van der Waals surface area contributed by atoms with Crippen LogP contribution in [-0.4, -0.2) is 0 Å². The van der Waals surface area contributed by atoms with Gasteiger partial charge in [-0.3, -0.25) is 0 Å². The molecule has 1 aromatic carbocycles. The molecule has 0 aromatic heterocycles. The molecule has 0 amide bonds. The predicted molar refractivity (Wildman–Crippen MR) is 74.0 cm³/mol. The maximum Gasteiger partial charge on any atom is 0.000622 e. The van der Waals surface area contributed by atoms with E-state index in [0.717, 1.165) is 12.3 Å². The van der Waals surface area contributed by atoms with E-state index in [0.29, 0.717) is 0 Å². The zero-order chi connectivity index (χ0) is 11.9. The molecule has 90 valence electrons. The fourth-order valence-corrected chi connectivity index (χ4v) is 2.51. The average Bonchev–Trinajstić information content (AvgIpc) is 2.39. The van der Waals surface area contributed by atoms with Crippen LogP contribution in [0.15, 0.2) is 47.7 Å². The predicted octanol–water partition coefficient (Wildman–Crippen LogP) is 4.91. The summed E-state index contributed by atoms with van der Waals surface area (Å²) in [5.41, 5.74) is 6.23. The minimum atomic E-state index is 0.787. The van der Waals surface area contributed by atoms with Crippen molar-refractivity contribution in [3.05, 3.63) is 53.3 Å². The Morgan fingerprint density at radius 3 is 2.59 bits per heavy atom. The van der Waals surface area contributed by atoms with E-state index in [4.69, 9.17) is 0 Å². The Hall–Kier alpha value is -1.26.